The van der Waals surface area contributed by atoms with Crippen molar-refractivity contribution in [2.45, 2.75) is 13.8 Å². The van der Waals surface area contributed by atoms with Gasteiger partial charge in [0.1, 0.15) is 5.75 Å². The van der Waals surface area contributed by atoms with Crippen LogP contribution in [-0.2, 0) is 0 Å². The van der Waals surface area contributed by atoms with Crippen LogP contribution in [-0.4, -0.2) is 50.0 Å². The molecule has 2 aromatic carbocycles. The second kappa shape index (κ2) is 10.7. The molecule has 2 N–H and O–H groups in total. The Labute approximate surface area is 170 Å². The van der Waals surface area contributed by atoms with Crippen molar-refractivity contribution in [2.75, 3.05) is 38.6 Å². The van der Waals surface area contributed by atoms with E-state index < -0.39 is 0 Å². The van der Waals surface area contributed by atoms with Gasteiger partial charge in [-0.05, 0) is 49.5 Å². The maximum absolute atomic E-state index is 12.5. The highest BCUT2D eigenvalue weighted by Crippen LogP contribution is 2.24. The molecule has 150 valence electrons. The van der Waals surface area contributed by atoms with Crippen LogP contribution in [0.3, 0.4) is 0 Å². The number of carbonyl (C=O) groups excluding carboxylic acids is 2. The molecule has 0 aliphatic rings. The van der Waals surface area contributed by atoms with Crippen molar-refractivity contribution < 1.29 is 14.3 Å². The molecule has 7 heteroatoms. The van der Waals surface area contributed by atoms with E-state index in [1.165, 1.54) is 7.11 Å². The van der Waals surface area contributed by atoms with E-state index in [-0.39, 0.29) is 11.8 Å². The van der Waals surface area contributed by atoms with Gasteiger partial charge >= 0.3 is 0 Å². The molecule has 0 spiro atoms. The van der Waals surface area contributed by atoms with Gasteiger partial charge in [0.2, 0.25) is 0 Å². The summed E-state index contributed by atoms with van der Waals surface area (Å²) in [4.78, 5) is 27.0. The second-order valence-electron chi connectivity index (χ2n) is 6.16. The van der Waals surface area contributed by atoms with Gasteiger partial charge in [0.25, 0.3) is 11.8 Å². The van der Waals surface area contributed by atoms with Gasteiger partial charge in [-0.1, -0.05) is 25.4 Å². The Hall–Kier alpha value is -2.57. The zero-order valence-corrected chi connectivity index (χ0v) is 17.2. The summed E-state index contributed by atoms with van der Waals surface area (Å²) < 4.78 is 5.34. The largest absolute Gasteiger partial charge is 0.496 e. The molecule has 0 saturated carbocycles. The number of carbonyl (C=O) groups is 2. The van der Waals surface area contributed by atoms with Gasteiger partial charge in [-0.2, -0.15) is 0 Å². The SMILES string of the molecule is CCN(CC)CCNC(=O)c1ccc(NC(=O)c2ccc(Cl)cc2)cc1OC. The smallest absolute Gasteiger partial charge is 0.255 e. The second-order valence-corrected chi connectivity index (χ2v) is 6.60. The number of amides is 2. The summed E-state index contributed by atoms with van der Waals surface area (Å²) in [5, 5.41) is 6.26. The first kappa shape index (κ1) is 21.7. The molecule has 2 rings (SSSR count). The van der Waals surface area contributed by atoms with Crippen LogP contribution in [0.25, 0.3) is 0 Å². The van der Waals surface area contributed by atoms with E-state index in [1.807, 2.05) is 0 Å². The molecule has 0 saturated heterocycles. The summed E-state index contributed by atoms with van der Waals surface area (Å²) in [6.45, 7) is 7.40. The fourth-order valence-corrected chi connectivity index (χ4v) is 2.85. The van der Waals surface area contributed by atoms with Gasteiger partial charge in [0.15, 0.2) is 0 Å². The summed E-state index contributed by atoms with van der Waals surface area (Å²) in [6, 6.07) is 11.6. The van der Waals surface area contributed by atoms with Crippen molar-refractivity contribution in [1.29, 1.82) is 0 Å². The Balaban J connectivity index is 2.03. The maximum Gasteiger partial charge on any atom is 0.255 e. The molecule has 0 radical (unpaired) electrons. The number of benzene rings is 2. The van der Waals surface area contributed by atoms with Crippen LogP contribution in [0.4, 0.5) is 5.69 Å². The quantitative estimate of drug-likeness (QED) is 0.670. The van der Waals surface area contributed by atoms with Crippen molar-refractivity contribution in [3.8, 4) is 5.75 Å². The van der Waals surface area contributed by atoms with E-state index in [1.54, 1.807) is 42.5 Å². The molecule has 2 amide bonds. The lowest BCUT2D eigenvalue weighted by atomic mass is 10.1. The molecule has 0 aromatic heterocycles. The zero-order valence-electron chi connectivity index (χ0n) is 16.4. The lowest BCUT2D eigenvalue weighted by Gasteiger charge is -2.18. The van der Waals surface area contributed by atoms with Crippen molar-refractivity contribution >= 4 is 29.1 Å². The minimum absolute atomic E-state index is 0.209. The van der Waals surface area contributed by atoms with Crippen LogP contribution in [0.1, 0.15) is 34.6 Å². The molecular formula is C21H26ClN3O3. The van der Waals surface area contributed by atoms with Gasteiger partial charge in [-0.25, -0.2) is 0 Å². The zero-order chi connectivity index (χ0) is 20.5. The third kappa shape index (κ3) is 5.97. The van der Waals surface area contributed by atoms with Crippen LogP contribution in [0.2, 0.25) is 5.02 Å². The molecule has 0 fully saturated rings. The van der Waals surface area contributed by atoms with Crippen LogP contribution in [0.5, 0.6) is 5.75 Å². The number of anilines is 1. The Morgan fingerprint density at radius 1 is 1.04 bits per heavy atom. The number of nitrogens with zero attached hydrogens (tertiary/aromatic N) is 1. The molecule has 6 nitrogen and oxygen atoms in total. The van der Waals surface area contributed by atoms with Gasteiger partial charge in [-0.3, -0.25) is 9.59 Å². The summed E-state index contributed by atoms with van der Waals surface area (Å²) in [5.74, 6) is -0.0797. The van der Waals surface area contributed by atoms with Crippen LogP contribution in [0, 0.1) is 0 Å². The number of likely N-dealkylation sites (N-methyl/N-ethyl adjacent to an activating group) is 1. The Morgan fingerprint density at radius 2 is 1.71 bits per heavy atom. The van der Waals surface area contributed by atoms with E-state index >= 15 is 0 Å². The molecule has 0 aliphatic heterocycles. The predicted octanol–water partition coefficient (Wildman–Crippen LogP) is 3.67. The summed E-state index contributed by atoms with van der Waals surface area (Å²) in [7, 11) is 1.49. The first-order chi connectivity index (χ1) is 13.5. The minimum Gasteiger partial charge on any atom is -0.496 e. The van der Waals surface area contributed by atoms with E-state index in [4.69, 9.17) is 16.3 Å². The average molecular weight is 404 g/mol. The maximum atomic E-state index is 12.5. The van der Waals surface area contributed by atoms with Gasteiger partial charge in [0.05, 0.1) is 12.7 Å². The Bertz CT molecular complexity index is 805. The Kier molecular flexibility index (Phi) is 8.29. The lowest BCUT2D eigenvalue weighted by molar-refractivity contribution is 0.0945. The number of halogens is 1. The molecule has 2 aromatic rings. The number of ether oxygens (including phenoxy) is 1. The average Bonchev–Trinajstić information content (AvgIpc) is 2.71. The van der Waals surface area contributed by atoms with Gasteiger partial charge < -0.3 is 20.3 Å². The molecule has 0 aliphatic carbocycles. The fourth-order valence-electron chi connectivity index (χ4n) is 2.72. The summed E-state index contributed by atoms with van der Waals surface area (Å²) >= 11 is 5.84. The highest BCUT2D eigenvalue weighted by atomic mass is 35.5. The number of hydrogen-bond donors (Lipinski definition) is 2. The van der Waals surface area contributed by atoms with Crippen molar-refractivity contribution in [3.05, 3.63) is 58.6 Å². The molecule has 0 heterocycles. The van der Waals surface area contributed by atoms with Crippen LogP contribution >= 0.6 is 11.6 Å². The standard InChI is InChI=1S/C21H26ClN3O3/c1-4-25(5-2)13-12-23-21(27)18-11-10-17(14-19(18)28-3)24-20(26)15-6-8-16(22)9-7-15/h6-11,14H,4-5,12-13H2,1-3H3,(H,23,27)(H,24,26). The van der Waals surface area contributed by atoms with Gasteiger partial charge in [0, 0.05) is 35.4 Å². The van der Waals surface area contributed by atoms with E-state index in [9.17, 15) is 9.59 Å². The van der Waals surface area contributed by atoms with Crippen LogP contribution < -0.4 is 15.4 Å². The first-order valence-electron chi connectivity index (χ1n) is 9.24. The number of hydrogen-bond acceptors (Lipinski definition) is 4. The van der Waals surface area contributed by atoms with Crippen molar-refractivity contribution in [3.63, 3.8) is 0 Å². The molecule has 0 unspecified atom stereocenters. The normalized spacial score (nSPS) is 10.6. The minimum atomic E-state index is -0.268. The summed E-state index contributed by atoms with van der Waals surface area (Å²) in [6.07, 6.45) is 0. The summed E-state index contributed by atoms with van der Waals surface area (Å²) in [5.41, 5.74) is 1.45. The Morgan fingerprint density at radius 3 is 2.32 bits per heavy atom. The number of methoxy groups -OCH3 is 1. The first-order valence-corrected chi connectivity index (χ1v) is 9.61. The lowest BCUT2D eigenvalue weighted by Crippen LogP contribution is -2.34. The third-order valence-electron chi connectivity index (χ3n) is 4.42. The highest BCUT2D eigenvalue weighted by molar-refractivity contribution is 6.30. The predicted molar refractivity (Wildman–Crippen MR) is 113 cm³/mol. The van der Waals surface area contributed by atoms with Crippen molar-refractivity contribution in [1.82, 2.24) is 10.2 Å². The monoisotopic (exact) mass is 403 g/mol. The highest BCUT2D eigenvalue weighted by Gasteiger charge is 2.14. The number of rotatable bonds is 9. The van der Waals surface area contributed by atoms with Gasteiger partial charge in [-0.15, -0.1) is 0 Å². The topological polar surface area (TPSA) is 70.7 Å². The molecule has 0 bridgehead atoms. The molecule has 28 heavy (non-hydrogen) atoms. The van der Waals surface area contributed by atoms with E-state index in [2.05, 4.69) is 29.4 Å². The van der Waals surface area contributed by atoms with Crippen LogP contribution in [0.15, 0.2) is 42.5 Å². The molecular weight excluding hydrogens is 378 g/mol. The number of nitrogens with one attached hydrogen (secondary N) is 2. The fraction of sp³-hybridized carbons (Fsp3) is 0.333. The molecule has 0 atom stereocenters. The van der Waals surface area contributed by atoms with E-state index in [0.29, 0.717) is 34.1 Å². The van der Waals surface area contributed by atoms with E-state index in [0.717, 1.165) is 19.6 Å². The third-order valence-corrected chi connectivity index (χ3v) is 4.67. The van der Waals surface area contributed by atoms with Crippen molar-refractivity contribution in [2.24, 2.45) is 0 Å².